The molecule has 1 aromatic carbocycles. The van der Waals surface area contributed by atoms with Gasteiger partial charge < -0.3 is 19.8 Å². The van der Waals surface area contributed by atoms with Crippen LogP contribution in [0.5, 0.6) is 0 Å². The lowest BCUT2D eigenvalue weighted by Gasteiger charge is -2.37. The third kappa shape index (κ3) is 5.70. The first kappa shape index (κ1) is 22.7. The van der Waals surface area contributed by atoms with E-state index in [0.29, 0.717) is 19.4 Å². The minimum absolute atomic E-state index is 0.0372. The summed E-state index contributed by atoms with van der Waals surface area (Å²) >= 11 is 0. The Balaban J connectivity index is 2.24. The fourth-order valence-corrected chi connectivity index (χ4v) is 3.79. The molecule has 0 bridgehead atoms. The molecular formula is C22H30N2O5. The van der Waals surface area contributed by atoms with E-state index in [1.165, 1.54) is 4.90 Å². The Morgan fingerprint density at radius 2 is 1.93 bits per heavy atom. The second kappa shape index (κ2) is 8.83. The molecule has 0 aromatic heterocycles. The summed E-state index contributed by atoms with van der Waals surface area (Å²) in [4.78, 5) is 24.6. The molecule has 7 nitrogen and oxygen atoms in total. The molecule has 1 aliphatic heterocycles. The number of carbonyl (C=O) groups is 2. The Morgan fingerprint density at radius 3 is 2.48 bits per heavy atom. The first-order valence-electron chi connectivity index (χ1n) is 9.85. The Kier molecular flexibility index (Phi) is 6.91. The van der Waals surface area contributed by atoms with Gasteiger partial charge in [-0.25, -0.2) is 4.79 Å². The highest BCUT2D eigenvalue weighted by Gasteiger charge is 2.37. The SMILES string of the molecule is CC(C)(C)OC(=O)CC[C@@](C)(C#N)c1ccccc1C1CCN(C(=O)O)CC1O. The summed E-state index contributed by atoms with van der Waals surface area (Å²) in [5, 5.41) is 29.7. The van der Waals surface area contributed by atoms with Crippen molar-refractivity contribution in [3.05, 3.63) is 35.4 Å². The van der Waals surface area contributed by atoms with Gasteiger partial charge in [-0.2, -0.15) is 5.26 Å². The van der Waals surface area contributed by atoms with Gasteiger partial charge in [0.2, 0.25) is 0 Å². The van der Waals surface area contributed by atoms with Crippen LogP contribution in [-0.2, 0) is 14.9 Å². The van der Waals surface area contributed by atoms with Gasteiger partial charge in [0.05, 0.1) is 24.1 Å². The van der Waals surface area contributed by atoms with Gasteiger partial charge in [0.1, 0.15) is 5.60 Å². The van der Waals surface area contributed by atoms with E-state index in [9.17, 15) is 20.0 Å². The zero-order valence-electron chi connectivity index (χ0n) is 17.5. The number of aliphatic hydroxyl groups is 1. The van der Waals surface area contributed by atoms with Crippen molar-refractivity contribution in [2.24, 2.45) is 0 Å². The van der Waals surface area contributed by atoms with Gasteiger partial charge in [0, 0.05) is 18.9 Å². The molecule has 7 heteroatoms. The Bertz CT molecular complexity index is 795. The number of benzene rings is 1. The molecule has 29 heavy (non-hydrogen) atoms. The number of ether oxygens (including phenoxy) is 1. The molecule has 0 spiro atoms. The summed E-state index contributed by atoms with van der Waals surface area (Å²) in [5.74, 6) is -0.623. The number of hydrogen-bond acceptors (Lipinski definition) is 5. The summed E-state index contributed by atoms with van der Waals surface area (Å²) in [6.45, 7) is 7.55. The molecule has 0 aliphatic carbocycles. The van der Waals surface area contributed by atoms with Crippen LogP contribution in [0.4, 0.5) is 4.79 Å². The van der Waals surface area contributed by atoms with Crippen molar-refractivity contribution in [2.75, 3.05) is 13.1 Å². The molecule has 1 fully saturated rings. The van der Waals surface area contributed by atoms with Gasteiger partial charge in [-0.1, -0.05) is 24.3 Å². The molecule has 2 N–H and O–H groups in total. The maximum Gasteiger partial charge on any atom is 0.407 e. The Labute approximate surface area is 171 Å². The van der Waals surface area contributed by atoms with Crippen LogP contribution >= 0.6 is 0 Å². The van der Waals surface area contributed by atoms with Gasteiger partial charge in [0.15, 0.2) is 0 Å². The quantitative estimate of drug-likeness (QED) is 0.730. The van der Waals surface area contributed by atoms with E-state index in [4.69, 9.17) is 9.84 Å². The van der Waals surface area contributed by atoms with E-state index >= 15 is 0 Å². The standard InChI is InChI=1S/C22H30N2O5/c1-21(2,3)29-19(26)9-11-22(4,14-23)17-8-6-5-7-15(17)16-10-12-24(20(27)28)13-18(16)25/h5-8,16,18,25H,9-13H2,1-4H3,(H,27,28)/t16?,18?,22-/m0/s1. The fourth-order valence-electron chi connectivity index (χ4n) is 3.79. The number of nitriles is 1. The van der Waals surface area contributed by atoms with Crippen LogP contribution in [-0.4, -0.2) is 52.0 Å². The number of likely N-dealkylation sites (tertiary alicyclic amines) is 1. The summed E-state index contributed by atoms with van der Waals surface area (Å²) in [6, 6.07) is 9.75. The maximum absolute atomic E-state index is 12.2. The first-order valence-corrected chi connectivity index (χ1v) is 9.85. The lowest BCUT2D eigenvalue weighted by molar-refractivity contribution is -0.155. The second-order valence-electron chi connectivity index (χ2n) is 8.81. The fraction of sp³-hybridized carbons (Fsp3) is 0.591. The average Bonchev–Trinajstić information content (AvgIpc) is 2.64. The molecular weight excluding hydrogens is 372 g/mol. The van der Waals surface area contributed by atoms with Gasteiger partial charge in [0.25, 0.3) is 0 Å². The number of esters is 1. The van der Waals surface area contributed by atoms with Gasteiger partial charge >= 0.3 is 12.1 Å². The van der Waals surface area contributed by atoms with Crippen LogP contribution in [0.1, 0.15) is 64.0 Å². The van der Waals surface area contributed by atoms with E-state index in [0.717, 1.165) is 11.1 Å². The minimum atomic E-state index is -1.05. The highest BCUT2D eigenvalue weighted by Crippen LogP contribution is 2.38. The van der Waals surface area contributed by atoms with E-state index in [1.807, 2.05) is 24.3 Å². The number of nitrogens with zero attached hydrogens (tertiary/aromatic N) is 2. The van der Waals surface area contributed by atoms with Crippen molar-refractivity contribution in [1.29, 1.82) is 5.26 Å². The second-order valence-corrected chi connectivity index (χ2v) is 8.81. The molecule has 1 heterocycles. The third-order valence-corrected chi connectivity index (χ3v) is 5.30. The highest BCUT2D eigenvalue weighted by atomic mass is 16.6. The summed E-state index contributed by atoms with van der Waals surface area (Å²) in [6.07, 6.45) is -1.03. The van der Waals surface area contributed by atoms with Gasteiger partial charge in [-0.15, -0.1) is 0 Å². The van der Waals surface area contributed by atoms with E-state index in [2.05, 4.69) is 6.07 Å². The van der Waals surface area contributed by atoms with E-state index in [1.54, 1.807) is 27.7 Å². The van der Waals surface area contributed by atoms with Crippen LogP contribution in [0.2, 0.25) is 0 Å². The summed E-state index contributed by atoms with van der Waals surface area (Å²) < 4.78 is 5.36. The molecule has 0 radical (unpaired) electrons. The molecule has 3 atom stereocenters. The summed E-state index contributed by atoms with van der Waals surface area (Å²) in [5.41, 5.74) is 0.0781. The predicted molar refractivity (Wildman–Crippen MR) is 107 cm³/mol. The lowest BCUT2D eigenvalue weighted by Crippen LogP contribution is -2.45. The first-order chi connectivity index (χ1) is 13.5. The number of amides is 1. The number of rotatable bonds is 5. The van der Waals surface area contributed by atoms with Gasteiger partial charge in [-0.3, -0.25) is 4.79 Å². The monoisotopic (exact) mass is 402 g/mol. The molecule has 1 aromatic rings. The Hall–Kier alpha value is -2.59. The number of carboxylic acid groups (broad SMARTS) is 1. The summed E-state index contributed by atoms with van der Waals surface area (Å²) in [7, 11) is 0. The van der Waals surface area contributed by atoms with Crippen molar-refractivity contribution in [2.45, 2.75) is 70.0 Å². The van der Waals surface area contributed by atoms with Crippen molar-refractivity contribution in [1.82, 2.24) is 4.90 Å². The zero-order valence-corrected chi connectivity index (χ0v) is 17.5. The number of β-amino-alcohol motifs (C(OH)–C–C–N with tert-alkyl or cyclic N) is 1. The van der Waals surface area contributed by atoms with E-state index < -0.39 is 23.2 Å². The van der Waals surface area contributed by atoms with Crippen molar-refractivity contribution < 1.29 is 24.5 Å². The largest absolute Gasteiger partial charge is 0.465 e. The maximum atomic E-state index is 12.2. The number of hydrogen-bond donors (Lipinski definition) is 2. The zero-order chi connectivity index (χ0) is 21.8. The smallest absolute Gasteiger partial charge is 0.407 e. The van der Waals surface area contributed by atoms with E-state index in [-0.39, 0.29) is 24.9 Å². The molecule has 1 amide bonds. The molecule has 1 saturated heterocycles. The van der Waals surface area contributed by atoms with Crippen LogP contribution in [0.3, 0.4) is 0 Å². The lowest BCUT2D eigenvalue weighted by atomic mass is 9.73. The number of aliphatic hydroxyl groups excluding tert-OH is 1. The molecule has 2 rings (SSSR count). The molecule has 2 unspecified atom stereocenters. The average molecular weight is 402 g/mol. The molecule has 158 valence electrons. The minimum Gasteiger partial charge on any atom is -0.465 e. The topological polar surface area (TPSA) is 111 Å². The number of carbonyl (C=O) groups excluding carboxylic acids is 1. The van der Waals surface area contributed by atoms with Gasteiger partial charge in [-0.05, 0) is 51.7 Å². The predicted octanol–water partition coefficient (Wildman–Crippen LogP) is 3.42. The Morgan fingerprint density at radius 1 is 1.28 bits per heavy atom. The number of piperidine rings is 1. The van der Waals surface area contributed by atoms with Crippen molar-refractivity contribution in [3.8, 4) is 6.07 Å². The highest BCUT2D eigenvalue weighted by molar-refractivity contribution is 5.70. The van der Waals surface area contributed by atoms with Crippen LogP contribution < -0.4 is 0 Å². The van der Waals surface area contributed by atoms with Crippen LogP contribution in [0.15, 0.2) is 24.3 Å². The van der Waals surface area contributed by atoms with Crippen molar-refractivity contribution >= 4 is 12.1 Å². The van der Waals surface area contributed by atoms with Crippen LogP contribution in [0, 0.1) is 11.3 Å². The molecule has 1 aliphatic rings. The van der Waals surface area contributed by atoms with Crippen molar-refractivity contribution in [3.63, 3.8) is 0 Å². The third-order valence-electron chi connectivity index (χ3n) is 5.30. The van der Waals surface area contributed by atoms with Crippen LogP contribution in [0.25, 0.3) is 0 Å². The molecule has 0 saturated carbocycles. The normalized spacial score (nSPS) is 21.7.